The molecule has 1 atom stereocenters. The maximum atomic E-state index is 11.5. The standard InChI is InChI=1S/C13H25NO3S/c1-9(8-16-10(18)12(2,3)4)14-11(15)17-13(5,6)7/h9H,8H2,1-7H3,(H,14,15)/t9-/m0/s1. The molecule has 0 rings (SSSR count). The minimum absolute atomic E-state index is 0.153. The molecule has 0 saturated heterocycles. The van der Waals surface area contributed by atoms with Crippen LogP contribution in [0.3, 0.4) is 0 Å². The molecular weight excluding hydrogens is 250 g/mol. The number of hydrogen-bond donors (Lipinski definition) is 1. The summed E-state index contributed by atoms with van der Waals surface area (Å²) < 4.78 is 10.6. The van der Waals surface area contributed by atoms with Gasteiger partial charge in [-0.25, -0.2) is 4.79 Å². The van der Waals surface area contributed by atoms with E-state index in [0.29, 0.717) is 11.7 Å². The maximum Gasteiger partial charge on any atom is 0.407 e. The third-order valence-electron chi connectivity index (χ3n) is 1.84. The molecule has 4 nitrogen and oxygen atoms in total. The van der Waals surface area contributed by atoms with Crippen molar-refractivity contribution in [2.75, 3.05) is 6.61 Å². The molecule has 5 heteroatoms. The fourth-order valence-electron chi connectivity index (χ4n) is 0.968. The highest BCUT2D eigenvalue weighted by Crippen LogP contribution is 2.17. The molecule has 1 amide bonds. The molecule has 0 aromatic rings. The highest BCUT2D eigenvalue weighted by molar-refractivity contribution is 7.80. The zero-order valence-electron chi connectivity index (χ0n) is 12.4. The summed E-state index contributed by atoms with van der Waals surface area (Å²) in [5, 5.41) is 3.24. The molecule has 18 heavy (non-hydrogen) atoms. The molecule has 0 fully saturated rings. The molecule has 0 aromatic heterocycles. The van der Waals surface area contributed by atoms with Crippen molar-refractivity contribution in [2.45, 2.75) is 60.1 Å². The summed E-state index contributed by atoms with van der Waals surface area (Å²) in [5.41, 5.74) is -0.660. The molecule has 0 aliphatic heterocycles. The van der Waals surface area contributed by atoms with Crippen LogP contribution in [0.2, 0.25) is 0 Å². The smallest absolute Gasteiger partial charge is 0.407 e. The van der Waals surface area contributed by atoms with Gasteiger partial charge in [-0.1, -0.05) is 20.8 Å². The first-order valence-corrected chi connectivity index (χ1v) is 6.49. The Morgan fingerprint density at radius 2 is 1.72 bits per heavy atom. The van der Waals surface area contributed by atoms with E-state index >= 15 is 0 Å². The maximum absolute atomic E-state index is 11.5. The fourth-order valence-corrected chi connectivity index (χ4v) is 1.04. The number of thiocarbonyl (C=S) groups is 1. The highest BCUT2D eigenvalue weighted by Gasteiger charge is 2.21. The molecular formula is C13H25NO3S. The third-order valence-corrected chi connectivity index (χ3v) is 2.57. The van der Waals surface area contributed by atoms with E-state index in [1.165, 1.54) is 0 Å². The van der Waals surface area contributed by atoms with E-state index in [9.17, 15) is 4.79 Å². The van der Waals surface area contributed by atoms with E-state index in [-0.39, 0.29) is 11.5 Å². The average Bonchev–Trinajstić information content (AvgIpc) is 2.08. The van der Waals surface area contributed by atoms with Crippen molar-refractivity contribution < 1.29 is 14.3 Å². The predicted octanol–water partition coefficient (Wildman–Crippen LogP) is 3.29. The van der Waals surface area contributed by atoms with Crippen LogP contribution in [0.1, 0.15) is 48.5 Å². The van der Waals surface area contributed by atoms with Crippen molar-refractivity contribution in [3.05, 3.63) is 0 Å². The Kier molecular flexibility index (Phi) is 6.07. The lowest BCUT2D eigenvalue weighted by atomic mass is 9.98. The minimum atomic E-state index is -0.495. The Bertz CT molecular complexity index is 302. The van der Waals surface area contributed by atoms with Gasteiger partial charge in [0.25, 0.3) is 0 Å². The number of carbonyl (C=O) groups excluding carboxylic acids is 1. The van der Waals surface area contributed by atoms with Gasteiger partial charge in [-0.05, 0) is 39.9 Å². The van der Waals surface area contributed by atoms with Gasteiger partial charge >= 0.3 is 6.09 Å². The lowest BCUT2D eigenvalue weighted by molar-refractivity contribution is 0.0491. The average molecular weight is 275 g/mol. The number of carbonyl (C=O) groups is 1. The molecule has 0 saturated carbocycles. The zero-order chi connectivity index (χ0) is 14.6. The number of ether oxygens (including phenoxy) is 2. The highest BCUT2D eigenvalue weighted by atomic mass is 32.1. The molecule has 0 aromatic carbocycles. The molecule has 0 aliphatic carbocycles. The van der Waals surface area contributed by atoms with Crippen LogP contribution in [0, 0.1) is 5.41 Å². The van der Waals surface area contributed by atoms with Gasteiger partial charge in [0, 0.05) is 5.41 Å². The van der Waals surface area contributed by atoms with Crippen LogP contribution in [0.4, 0.5) is 4.79 Å². The largest absolute Gasteiger partial charge is 0.484 e. The Balaban J connectivity index is 4.03. The lowest BCUT2D eigenvalue weighted by Gasteiger charge is -2.24. The molecule has 0 radical (unpaired) electrons. The SMILES string of the molecule is C[C@@H](COC(=S)C(C)(C)C)NC(=O)OC(C)(C)C. The first-order chi connectivity index (χ1) is 7.92. The van der Waals surface area contributed by atoms with E-state index in [2.05, 4.69) is 5.32 Å². The Hall–Kier alpha value is -0.840. The lowest BCUT2D eigenvalue weighted by Crippen LogP contribution is -2.40. The van der Waals surface area contributed by atoms with Gasteiger partial charge in [-0.3, -0.25) is 0 Å². The second-order valence-corrected chi connectivity index (χ2v) is 6.77. The summed E-state index contributed by atoms with van der Waals surface area (Å²) in [6.45, 7) is 13.6. The summed E-state index contributed by atoms with van der Waals surface area (Å²) in [7, 11) is 0. The summed E-state index contributed by atoms with van der Waals surface area (Å²) in [5.74, 6) is 0. The molecule has 0 spiro atoms. The fraction of sp³-hybridized carbons (Fsp3) is 0.846. The number of hydrogen-bond acceptors (Lipinski definition) is 4. The van der Waals surface area contributed by atoms with Crippen molar-refractivity contribution in [1.29, 1.82) is 0 Å². The second-order valence-electron chi connectivity index (χ2n) is 6.40. The monoisotopic (exact) mass is 275 g/mol. The van der Waals surface area contributed by atoms with Gasteiger partial charge in [0.2, 0.25) is 0 Å². The molecule has 106 valence electrons. The molecule has 0 unspecified atom stereocenters. The van der Waals surface area contributed by atoms with Crippen molar-refractivity contribution in [1.82, 2.24) is 5.32 Å². The summed E-state index contributed by atoms with van der Waals surface area (Å²) in [4.78, 5) is 11.5. The van der Waals surface area contributed by atoms with E-state index in [0.717, 1.165) is 0 Å². The summed E-state index contributed by atoms with van der Waals surface area (Å²) >= 11 is 5.14. The number of amides is 1. The minimum Gasteiger partial charge on any atom is -0.484 e. The quantitative estimate of drug-likeness (QED) is 0.803. The summed E-state index contributed by atoms with van der Waals surface area (Å²) in [6, 6.07) is -0.153. The van der Waals surface area contributed by atoms with Gasteiger partial charge in [-0.15, -0.1) is 0 Å². The summed E-state index contributed by atoms with van der Waals surface area (Å²) in [6.07, 6.45) is -0.444. The Morgan fingerprint density at radius 1 is 1.22 bits per heavy atom. The Labute approximate surface area is 115 Å². The van der Waals surface area contributed by atoms with Crippen molar-refractivity contribution in [2.24, 2.45) is 5.41 Å². The third kappa shape index (κ3) is 8.28. The van der Waals surface area contributed by atoms with Crippen molar-refractivity contribution >= 4 is 23.4 Å². The van der Waals surface area contributed by atoms with Gasteiger partial charge in [0.05, 0.1) is 6.04 Å². The van der Waals surface area contributed by atoms with Gasteiger partial charge in [0.15, 0.2) is 5.05 Å². The normalized spacial score (nSPS) is 13.7. The molecule has 0 aliphatic rings. The Morgan fingerprint density at radius 3 is 2.11 bits per heavy atom. The van der Waals surface area contributed by atoms with E-state index in [1.54, 1.807) is 0 Å². The van der Waals surface area contributed by atoms with Crippen LogP contribution in [0.15, 0.2) is 0 Å². The van der Waals surface area contributed by atoms with Crippen LogP contribution in [-0.4, -0.2) is 29.4 Å². The number of nitrogens with one attached hydrogen (secondary N) is 1. The topological polar surface area (TPSA) is 47.6 Å². The van der Waals surface area contributed by atoms with Crippen molar-refractivity contribution in [3.8, 4) is 0 Å². The van der Waals surface area contributed by atoms with Gasteiger partial charge in [-0.2, -0.15) is 0 Å². The molecule has 1 N–H and O–H groups in total. The van der Waals surface area contributed by atoms with Crippen molar-refractivity contribution in [3.63, 3.8) is 0 Å². The van der Waals surface area contributed by atoms with Gasteiger partial charge < -0.3 is 14.8 Å². The van der Waals surface area contributed by atoms with Gasteiger partial charge in [0.1, 0.15) is 12.2 Å². The predicted molar refractivity (Wildman–Crippen MR) is 76.8 cm³/mol. The molecule has 0 bridgehead atoms. The van der Waals surface area contributed by atoms with Crippen LogP contribution < -0.4 is 5.32 Å². The number of rotatable bonds is 3. The van der Waals surface area contributed by atoms with Crippen LogP contribution in [0.5, 0.6) is 0 Å². The van der Waals surface area contributed by atoms with E-state index in [4.69, 9.17) is 21.7 Å². The zero-order valence-corrected chi connectivity index (χ0v) is 13.2. The second kappa shape index (κ2) is 6.36. The van der Waals surface area contributed by atoms with Crippen LogP contribution >= 0.6 is 12.2 Å². The number of alkyl carbamates (subject to hydrolysis) is 1. The van der Waals surface area contributed by atoms with Crippen LogP contribution in [0.25, 0.3) is 0 Å². The first kappa shape index (κ1) is 17.2. The van der Waals surface area contributed by atoms with E-state index < -0.39 is 11.7 Å². The van der Waals surface area contributed by atoms with Crippen LogP contribution in [-0.2, 0) is 9.47 Å². The molecule has 0 heterocycles. The van der Waals surface area contributed by atoms with E-state index in [1.807, 2.05) is 48.5 Å². The first-order valence-electron chi connectivity index (χ1n) is 6.08.